The zero-order valence-corrected chi connectivity index (χ0v) is 15.0. The largest absolute Gasteiger partial charge is 0.387 e. The molecular formula is C20H16FN3O5. The van der Waals surface area contributed by atoms with E-state index in [-0.39, 0.29) is 12.2 Å². The van der Waals surface area contributed by atoms with Gasteiger partial charge in [-0.15, -0.1) is 0 Å². The number of benzene rings is 3. The van der Waals surface area contributed by atoms with Crippen LogP contribution >= 0.6 is 0 Å². The second kappa shape index (κ2) is 8.44. The molecule has 0 saturated carbocycles. The van der Waals surface area contributed by atoms with Crippen molar-refractivity contribution in [3.05, 3.63) is 82.2 Å². The molecule has 0 aliphatic heterocycles. The first-order valence-corrected chi connectivity index (χ1v) is 8.55. The van der Waals surface area contributed by atoms with E-state index in [4.69, 9.17) is 0 Å². The first kappa shape index (κ1) is 19.9. The number of aliphatic hydroxyl groups excluding tert-OH is 1. The molecule has 148 valence electrons. The van der Waals surface area contributed by atoms with Crippen LogP contribution in [0.5, 0.6) is 0 Å². The van der Waals surface area contributed by atoms with Crippen LogP contribution in [-0.2, 0) is 9.59 Å². The van der Waals surface area contributed by atoms with Gasteiger partial charge in [-0.1, -0.05) is 42.5 Å². The fraction of sp³-hybridized carbons (Fsp3) is 0.100. The number of nitro groups is 1. The summed E-state index contributed by atoms with van der Waals surface area (Å²) in [6, 6.07) is 15.5. The number of nitrogens with one attached hydrogen (secondary N) is 2. The molecule has 1 atom stereocenters. The maximum absolute atomic E-state index is 13.3. The van der Waals surface area contributed by atoms with Gasteiger partial charge >= 0.3 is 17.5 Å². The minimum atomic E-state index is -1.10. The molecule has 0 aliphatic carbocycles. The summed E-state index contributed by atoms with van der Waals surface area (Å²) < 4.78 is 13.3. The number of hydrogen-bond acceptors (Lipinski definition) is 5. The number of fused-ring (bicyclic) bond motifs is 1. The summed E-state index contributed by atoms with van der Waals surface area (Å²) in [5, 5.41) is 27.3. The highest BCUT2D eigenvalue weighted by atomic mass is 19.1. The Labute approximate surface area is 164 Å². The molecule has 0 aliphatic rings. The van der Waals surface area contributed by atoms with Crippen LogP contribution < -0.4 is 10.6 Å². The lowest BCUT2D eigenvalue weighted by Gasteiger charge is -2.14. The highest BCUT2D eigenvalue weighted by Gasteiger charge is 2.19. The van der Waals surface area contributed by atoms with Crippen molar-refractivity contribution in [2.24, 2.45) is 0 Å². The van der Waals surface area contributed by atoms with Crippen LogP contribution in [0.3, 0.4) is 0 Å². The van der Waals surface area contributed by atoms with E-state index in [2.05, 4.69) is 10.6 Å². The lowest BCUT2D eigenvalue weighted by Crippen LogP contribution is -2.37. The molecule has 3 aromatic carbocycles. The number of rotatable bonds is 5. The lowest BCUT2D eigenvalue weighted by molar-refractivity contribution is -0.387. The summed E-state index contributed by atoms with van der Waals surface area (Å²) in [6.45, 7) is -0.218. The van der Waals surface area contributed by atoms with Crippen LogP contribution in [-0.4, -0.2) is 28.4 Å². The van der Waals surface area contributed by atoms with Crippen LogP contribution in [0.2, 0.25) is 0 Å². The molecule has 0 radical (unpaired) electrons. The number of aliphatic hydroxyl groups is 1. The van der Waals surface area contributed by atoms with Crippen LogP contribution in [0.25, 0.3) is 10.8 Å². The number of amides is 2. The topological polar surface area (TPSA) is 122 Å². The van der Waals surface area contributed by atoms with E-state index in [1.165, 1.54) is 0 Å². The highest BCUT2D eigenvalue weighted by molar-refractivity contribution is 6.39. The van der Waals surface area contributed by atoms with Crippen LogP contribution in [0.1, 0.15) is 11.7 Å². The first-order chi connectivity index (χ1) is 13.9. The summed E-state index contributed by atoms with van der Waals surface area (Å²) in [5.74, 6) is -3.21. The molecule has 0 saturated heterocycles. The van der Waals surface area contributed by atoms with Crippen molar-refractivity contribution in [1.29, 1.82) is 0 Å². The third kappa shape index (κ3) is 4.53. The van der Waals surface area contributed by atoms with E-state index in [0.29, 0.717) is 5.56 Å². The predicted octanol–water partition coefficient (Wildman–Crippen LogP) is 2.68. The molecule has 0 fully saturated rings. The number of nitrogens with zero attached hydrogens (tertiary/aromatic N) is 1. The molecule has 2 amide bonds. The number of carbonyl (C=O) groups is 2. The van der Waals surface area contributed by atoms with Gasteiger partial charge in [0.05, 0.1) is 11.0 Å². The summed E-state index contributed by atoms with van der Waals surface area (Å²) in [4.78, 5) is 33.8. The number of nitro benzene ring substituents is 1. The van der Waals surface area contributed by atoms with E-state index in [0.717, 1.165) is 29.0 Å². The predicted molar refractivity (Wildman–Crippen MR) is 104 cm³/mol. The fourth-order valence-electron chi connectivity index (χ4n) is 2.84. The molecule has 0 spiro atoms. The maximum Gasteiger partial charge on any atom is 0.313 e. The van der Waals surface area contributed by atoms with E-state index in [9.17, 15) is 29.2 Å². The van der Waals surface area contributed by atoms with Crippen molar-refractivity contribution >= 4 is 34.0 Å². The van der Waals surface area contributed by atoms with E-state index in [1.807, 2.05) is 30.3 Å². The van der Waals surface area contributed by atoms with Gasteiger partial charge in [-0.3, -0.25) is 19.7 Å². The molecule has 1 unspecified atom stereocenters. The van der Waals surface area contributed by atoms with Gasteiger partial charge in [-0.25, -0.2) is 0 Å². The summed E-state index contributed by atoms with van der Waals surface area (Å²) >= 11 is 0. The Kier molecular flexibility index (Phi) is 5.79. The van der Waals surface area contributed by atoms with Gasteiger partial charge in [0.2, 0.25) is 5.82 Å². The Bertz CT molecular complexity index is 1100. The zero-order valence-electron chi connectivity index (χ0n) is 15.0. The Hall–Kier alpha value is -3.85. The van der Waals surface area contributed by atoms with Gasteiger partial charge in [-0.2, -0.15) is 4.39 Å². The average molecular weight is 397 g/mol. The van der Waals surface area contributed by atoms with Crippen LogP contribution in [0.15, 0.2) is 60.7 Å². The Morgan fingerprint density at radius 1 is 1.07 bits per heavy atom. The van der Waals surface area contributed by atoms with Crippen molar-refractivity contribution in [3.63, 3.8) is 0 Å². The zero-order chi connectivity index (χ0) is 21.0. The van der Waals surface area contributed by atoms with Crippen molar-refractivity contribution in [2.45, 2.75) is 6.10 Å². The maximum atomic E-state index is 13.3. The van der Waals surface area contributed by atoms with Gasteiger partial charge in [0.15, 0.2) is 0 Å². The van der Waals surface area contributed by atoms with Crippen LogP contribution in [0.4, 0.5) is 15.8 Å². The fourth-order valence-corrected chi connectivity index (χ4v) is 2.84. The molecule has 3 N–H and O–H groups in total. The summed E-state index contributed by atoms with van der Waals surface area (Å²) in [6.07, 6.45) is -1.05. The molecule has 0 aromatic heterocycles. The van der Waals surface area contributed by atoms with Crippen molar-refractivity contribution in [1.82, 2.24) is 5.32 Å². The van der Waals surface area contributed by atoms with Gasteiger partial charge in [0.1, 0.15) is 0 Å². The molecule has 8 nitrogen and oxygen atoms in total. The number of halogens is 1. The van der Waals surface area contributed by atoms with E-state index < -0.39 is 34.3 Å². The molecule has 3 aromatic rings. The highest BCUT2D eigenvalue weighted by Crippen LogP contribution is 2.24. The smallest absolute Gasteiger partial charge is 0.313 e. The van der Waals surface area contributed by atoms with Crippen molar-refractivity contribution in [2.75, 3.05) is 11.9 Å². The third-order valence-electron chi connectivity index (χ3n) is 4.25. The van der Waals surface area contributed by atoms with Gasteiger partial charge in [0, 0.05) is 18.3 Å². The van der Waals surface area contributed by atoms with Gasteiger partial charge < -0.3 is 15.7 Å². The molecule has 0 heterocycles. The summed E-state index contributed by atoms with van der Waals surface area (Å²) in [7, 11) is 0. The minimum Gasteiger partial charge on any atom is -0.387 e. The van der Waals surface area contributed by atoms with Gasteiger partial charge in [-0.05, 0) is 28.5 Å². The standard InChI is InChI=1S/C20H16FN3O5/c21-16-9-8-13(10-17(16)24(28)29)23-20(27)19(26)22-11-18(25)15-7-3-5-12-4-1-2-6-14(12)15/h1-10,18,25H,11H2,(H,22,26)(H,23,27). The molecule has 9 heteroatoms. The number of hydrogen-bond donors (Lipinski definition) is 3. The van der Waals surface area contributed by atoms with E-state index >= 15 is 0 Å². The molecular weight excluding hydrogens is 381 g/mol. The Morgan fingerprint density at radius 3 is 2.55 bits per heavy atom. The monoisotopic (exact) mass is 397 g/mol. The summed E-state index contributed by atoms with van der Waals surface area (Å²) in [5.41, 5.74) is -0.333. The van der Waals surface area contributed by atoms with Gasteiger partial charge in [0.25, 0.3) is 0 Å². The first-order valence-electron chi connectivity index (χ1n) is 8.55. The Morgan fingerprint density at radius 2 is 1.79 bits per heavy atom. The van der Waals surface area contributed by atoms with Crippen molar-refractivity contribution < 1.29 is 24.0 Å². The quantitative estimate of drug-likeness (QED) is 0.347. The second-order valence-corrected chi connectivity index (χ2v) is 6.17. The second-order valence-electron chi connectivity index (χ2n) is 6.17. The minimum absolute atomic E-state index is 0.104. The Balaban J connectivity index is 1.63. The SMILES string of the molecule is O=C(NCC(O)c1cccc2ccccc12)C(=O)Nc1ccc(F)c([N+](=O)[O-])c1. The molecule has 0 bridgehead atoms. The lowest BCUT2D eigenvalue weighted by atomic mass is 10.0. The van der Waals surface area contributed by atoms with E-state index in [1.54, 1.807) is 12.1 Å². The number of carbonyl (C=O) groups excluding carboxylic acids is 2. The third-order valence-corrected chi connectivity index (χ3v) is 4.25. The number of anilines is 1. The van der Waals surface area contributed by atoms with Crippen molar-refractivity contribution in [3.8, 4) is 0 Å². The molecule has 29 heavy (non-hydrogen) atoms. The average Bonchev–Trinajstić information content (AvgIpc) is 2.72. The normalized spacial score (nSPS) is 11.7. The molecule has 3 rings (SSSR count). The van der Waals surface area contributed by atoms with Crippen LogP contribution in [0, 0.1) is 15.9 Å².